The molecule has 0 aliphatic carbocycles. The van der Waals surface area contributed by atoms with Crippen LogP contribution in [0.3, 0.4) is 0 Å². The van der Waals surface area contributed by atoms with Gasteiger partial charge in [-0.2, -0.15) is 4.98 Å². The van der Waals surface area contributed by atoms with Crippen molar-refractivity contribution in [2.75, 3.05) is 19.0 Å². The summed E-state index contributed by atoms with van der Waals surface area (Å²) in [7, 11) is 3.33. The first-order valence-electron chi connectivity index (χ1n) is 5.26. The highest BCUT2D eigenvalue weighted by Crippen LogP contribution is 2.26. The molecule has 94 valence electrons. The van der Waals surface area contributed by atoms with Crippen LogP contribution in [0.4, 0.5) is 10.3 Å². The molecule has 0 fully saturated rings. The van der Waals surface area contributed by atoms with Crippen molar-refractivity contribution in [3.05, 3.63) is 40.4 Å². The van der Waals surface area contributed by atoms with Crippen LogP contribution >= 0.6 is 0 Å². The highest BCUT2D eigenvalue weighted by molar-refractivity contribution is 5.68. The number of hydrogen-bond acceptors (Lipinski definition) is 4. The van der Waals surface area contributed by atoms with E-state index in [4.69, 9.17) is 0 Å². The van der Waals surface area contributed by atoms with E-state index in [-0.39, 0.29) is 17.1 Å². The summed E-state index contributed by atoms with van der Waals surface area (Å²) in [6.45, 7) is 0. The monoisotopic (exact) mass is 249 g/mol. The van der Waals surface area contributed by atoms with Gasteiger partial charge in [-0.3, -0.25) is 9.78 Å². The van der Waals surface area contributed by atoms with Crippen molar-refractivity contribution in [1.82, 2.24) is 9.97 Å². The molecule has 2 aromatic rings. The van der Waals surface area contributed by atoms with Crippen LogP contribution < -0.4 is 10.5 Å². The molecule has 18 heavy (non-hydrogen) atoms. The lowest BCUT2D eigenvalue weighted by Crippen LogP contribution is -2.20. The van der Waals surface area contributed by atoms with Gasteiger partial charge in [-0.15, -0.1) is 0 Å². The van der Waals surface area contributed by atoms with Gasteiger partial charge in [0.1, 0.15) is 11.4 Å². The molecule has 6 heteroatoms. The van der Waals surface area contributed by atoms with Crippen LogP contribution in [0, 0.1) is 5.82 Å². The van der Waals surface area contributed by atoms with Gasteiger partial charge in [0.05, 0.1) is 0 Å². The van der Waals surface area contributed by atoms with Crippen molar-refractivity contribution in [1.29, 1.82) is 0 Å². The molecule has 0 amide bonds. The number of aromatic nitrogens is 2. The zero-order chi connectivity index (χ0) is 13.3. The predicted molar refractivity (Wildman–Crippen MR) is 66.2 cm³/mol. The Labute approximate surface area is 103 Å². The minimum Gasteiger partial charge on any atom is -0.493 e. The number of anilines is 1. The van der Waals surface area contributed by atoms with Crippen molar-refractivity contribution in [3.63, 3.8) is 0 Å². The zero-order valence-electron chi connectivity index (χ0n) is 9.94. The zero-order valence-corrected chi connectivity index (χ0v) is 9.94. The number of nitrogens with one attached hydrogen (secondary N) is 1. The van der Waals surface area contributed by atoms with Crippen molar-refractivity contribution in [3.8, 4) is 17.0 Å². The minimum atomic E-state index is -0.587. The standard InChI is InChI=1S/C12H12FN3O2/c1-16(2)12-14-10(17)9(11(18)15-12)7-5-3-4-6-8(7)13/h3-6H,1-2H3,(H2,14,15,17,18). The van der Waals surface area contributed by atoms with Crippen molar-refractivity contribution in [2.45, 2.75) is 0 Å². The molecule has 5 nitrogen and oxygen atoms in total. The Hall–Kier alpha value is -2.37. The van der Waals surface area contributed by atoms with Crippen LogP contribution in [0.25, 0.3) is 11.1 Å². The number of H-pyrrole nitrogens is 1. The van der Waals surface area contributed by atoms with Gasteiger partial charge in [0.2, 0.25) is 11.8 Å². The molecule has 0 aliphatic heterocycles. The van der Waals surface area contributed by atoms with E-state index in [2.05, 4.69) is 9.97 Å². The molecule has 2 rings (SSSR count). The maximum atomic E-state index is 13.6. The van der Waals surface area contributed by atoms with Crippen LogP contribution in [0.5, 0.6) is 5.88 Å². The Morgan fingerprint density at radius 3 is 2.56 bits per heavy atom. The van der Waals surface area contributed by atoms with Crippen LogP contribution in [-0.4, -0.2) is 29.2 Å². The van der Waals surface area contributed by atoms with E-state index < -0.39 is 17.3 Å². The number of aromatic amines is 1. The van der Waals surface area contributed by atoms with Crippen LogP contribution in [0.15, 0.2) is 29.1 Å². The summed E-state index contributed by atoms with van der Waals surface area (Å²) in [6.07, 6.45) is 0. The molecule has 0 bridgehead atoms. The van der Waals surface area contributed by atoms with E-state index >= 15 is 0 Å². The first kappa shape index (κ1) is 12.1. The van der Waals surface area contributed by atoms with Crippen LogP contribution in [-0.2, 0) is 0 Å². The van der Waals surface area contributed by atoms with Gasteiger partial charge in [0.15, 0.2) is 0 Å². The normalized spacial score (nSPS) is 10.4. The fourth-order valence-electron chi connectivity index (χ4n) is 1.57. The molecule has 1 heterocycles. The smallest absolute Gasteiger partial charge is 0.264 e. The second kappa shape index (κ2) is 4.48. The molecule has 1 aromatic carbocycles. The third kappa shape index (κ3) is 2.04. The molecule has 2 N–H and O–H groups in total. The Morgan fingerprint density at radius 1 is 1.33 bits per heavy atom. The van der Waals surface area contributed by atoms with E-state index in [0.717, 1.165) is 0 Å². The summed E-state index contributed by atoms with van der Waals surface area (Å²) in [5.41, 5.74) is -0.732. The number of benzene rings is 1. The van der Waals surface area contributed by atoms with Gasteiger partial charge in [-0.05, 0) is 6.07 Å². The molecule has 1 aromatic heterocycles. The third-order valence-corrected chi connectivity index (χ3v) is 2.45. The van der Waals surface area contributed by atoms with Gasteiger partial charge in [-0.1, -0.05) is 18.2 Å². The van der Waals surface area contributed by atoms with E-state index in [1.54, 1.807) is 20.2 Å². The first-order chi connectivity index (χ1) is 8.50. The summed E-state index contributed by atoms with van der Waals surface area (Å²) >= 11 is 0. The van der Waals surface area contributed by atoms with Gasteiger partial charge < -0.3 is 10.0 Å². The second-order valence-corrected chi connectivity index (χ2v) is 3.96. The lowest BCUT2D eigenvalue weighted by molar-refractivity contribution is 0.453. The molecular weight excluding hydrogens is 237 g/mol. The molecule has 0 aliphatic rings. The Bertz CT molecular complexity index is 637. The maximum absolute atomic E-state index is 13.6. The number of aromatic hydroxyl groups is 1. The van der Waals surface area contributed by atoms with Gasteiger partial charge in [0.25, 0.3) is 5.56 Å². The fourth-order valence-corrected chi connectivity index (χ4v) is 1.57. The van der Waals surface area contributed by atoms with E-state index in [0.29, 0.717) is 0 Å². The summed E-state index contributed by atoms with van der Waals surface area (Å²) in [5, 5.41) is 9.77. The summed E-state index contributed by atoms with van der Waals surface area (Å²) < 4.78 is 13.6. The fraction of sp³-hybridized carbons (Fsp3) is 0.167. The van der Waals surface area contributed by atoms with Gasteiger partial charge in [-0.25, -0.2) is 4.39 Å². The number of nitrogens with zero attached hydrogens (tertiary/aromatic N) is 2. The predicted octanol–water partition coefficient (Wildman–Crippen LogP) is 1.35. The average molecular weight is 249 g/mol. The molecule has 0 unspecified atom stereocenters. The number of rotatable bonds is 2. The van der Waals surface area contributed by atoms with Crippen molar-refractivity contribution in [2.24, 2.45) is 0 Å². The molecule has 0 spiro atoms. The molecule has 0 saturated carbocycles. The average Bonchev–Trinajstić information content (AvgIpc) is 2.30. The van der Waals surface area contributed by atoms with Crippen molar-refractivity contribution >= 4 is 5.95 Å². The SMILES string of the molecule is CN(C)c1nc(O)c(-c2ccccc2F)c(=O)[nH]1. The molecule has 0 radical (unpaired) electrons. The lowest BCUT2D eigenvalue weighted by Gasteiger charge is -2.12. The quantitative estimate of drug-likeness (QED) is 0.842. The lowest BCUT2D eigenvalue weighted by atomic mass is 10.1. The second-order valence-electron chi connectivity index (χ2n) is 3.96. The van der Waals surface area contributed by atoms with Crippen LogP contribution in [0.2, 0.25) is 0 Å². The third-order valence-electron chi connectivity index (χ3n) is 2.45. The topological polar surface area (TPSA) is 69.2 Å². The minimum absolute atomic E-state index is 0.0223. The number of hydrogen-bond donors (Lipinski definition) is 2. The Morgan fingerprint density at radius 2 is 2.00 bits per heavy atom. The summed E-state index contributed by atoms with van der Waals surface area (Å²) in [4.78, 5) is 19.7. The highest BCUT2D eigenvalue weighted by atomic mass is 19.1. The highest BCUT2D eigenvalue weighted by Gasteiger charge is 2.16. The maximum Gasteiger partial charge on any atom is 0.264 e. The van der Waals surface area contributed by atoms with Gasteiger partial charge in [0, 0.05) is 19.7 Å². The number of halogens is 1. The molecule has 0 atom stereocenters. The summed E-state index contributed by atoms with van der Waals surface area (Å²) in [6, 6.07) is 5.72. The van der Waals surface area contributed by atoms with E-state index in [9.17, 15) is 14.3 Å². The van der Waals surface area contributed by atoms with Gasteiger partial charge >= 0.3 is 0 Å². The van der Waals surface area contributed by atoms with Crippen molar-refractivity contribution < 1.29 is 9.50 Å². The van der Waals surface area contributed by atoms with E-state index in [1.165, 1.54) is 23.1 Å². The first-order valence-corrected chi connectivity index (χ1v) is 5.26. The Kier molecular flexibility index (Phi) is 3.01. The largest absolute Gasteiger partial charge is 0.493 e. The van der Waals surface area contributed by atoms with Crippen LogP contribution in [0.1, 0.15) is 0 Å². The molecule has 0 saturated heterocycles. The molecular formula is C12H12FN3O2. The van der Waals surface area contributed by atoms with E-state index in [1.807, 2.05) is 0 Å². The summed E-state index contributed by atoms with van der Waals surface area (Å²) in [5.74, 6) is -0.872. The Balaban J connectivity index is 2.67.